The van der Waals surface area contributed by atoms with Crippen LogP contribution in [-0.2, 0) is 16.3 Å². The lowest BCUT2D eigenvalue weighted by Gasteiger charge is -2.23. The first kappa shape index (κ1) is 14.3. The molecule has 4 heteroatoms. The molecule has 0 radical (unpaired) electrons. The summed E-state index contributed by atoms with van der Waals surface area (Å²) >= 11 is 0. The molecule has 0 bridgehead atoms. The molecule has 104 valence electrons. The second-order valence-electron chi connectivity index (χ2n) is 5.12. The second-order valence-corrected chi connectivity index (χ2v) is 7.43. The lowest BCUT2D eigenvalue weighted by Crippen LogP contribution is -2.36. The van der Waals surface area contributed by atoms with Crippen LogP contribution in [0.5, 0.6) is 0 Å². The number of sulfone groups is 1. The van der Waals surface area contributed by atoms with Crippen LogP contribution in [0.3, 0.4) is 0 Å². The summed E-state index contributed by atoms with van der Waals surface area (Å²) in [4.78, 5) is 12.3. The van der Waals surface area contributed by atoms with Crippen LogP contribution in [-0.4, -0.2) is 25.2 Å². The van der Waals surface area contributed by atoms with Crippen molar-refractivity contribution in [3.05, 3.63) is 35.4 Å². The highest BCUT2D eigenvalue weighted by Crippen LogP contribution is 2.26. The number of rotatable bonds is 5. The normalized spacial score (nSPS) is 19.2. The summed E-state index contributed by atoms with van der Waals surface area (Å²) < 4.78 is 24.5. The minimum Gasteiger partial charge on any atom is -0.293 e. The fourth-order valence-corrected chi connectivity index (χ4v) is 4.43. The number of unbranched alkanes of at least 4 members (excludes halogenated alkanes) is 2. The van der Waals surface area contributed by atoms with E-state index in [4.69, 9.17) is 0 Å². The average molecular weight is 280 g/mol. The van der Waals surface area contributed by atoms with E-state index in [0.29, 0.717) is 24.8 Å². The van der Waals surface area contributed by atoms with Crippen LogP contribution >= 0.6 is 0 Å². The maximum Gasteiger partial charge on any atom is 0.181 e. The minimum absolute atomic E-state index is 0.138. The zero-order valence-electron chi connectivity index (χ0n) is 11.3. The number of carbonyl (C=O) groups is 1. The van der Waals surface area contributed by atoms with Crippen LogP contribution in [0.2, 0.25) is 0 Å². The van der Waals surface area contributed by atoms with Crippen molar-refractivity contribution in [2.24, 2.45) is 0 Å². The largest absolute Gasteiger partial charge is 0.293 e. The predicted octanol–water partition coefficient (Wildman–Crippen LogP) is 2.79. The number of Topliss-reactive ketones (excluding diaryl/α,β-unsaturated/α-hetero) is 1. The highest BCUT2D eigenvalue weighted by atomic mass is 32.2. The van der Waals surface area contributed by atoms with Crippen molar-refractivity contribution < 1.29 is 13.2 Å². The molecular formula is C15H20O3S. The van der Waals surface area contributed by atoms with Crippen molar-refractivity contribution in [2.75, 3.05) is 5.75 Å². The first-order valence-corrected chi connectivity index (χ1v) is 8.61. The van der Waals surface area contributed by atoms with E-state index in [1.807, 2.05) is 19.1 Å². The monoisotopic (exact) mass is 280 g/mol. The zero-order chi connectivity index (χ0) is 13.9. The van der Waals surface area contributed by atoms with Crippen molar-refractivity contribution in [1.29, 1.82) is 0 Å². The second kappa shape index (κ2) is 5.87. The molecule has 0 spiro atoms. The van der Waals surface area contributed by atoms with E-state index in [1.54, 1.807) is 12.1 Å². The number of ketones is 1. The molecule has 19 heavy (non-hydrogen) atoms. The Morgan fingerprint density at radius 3 is 2.68 bits per heavy atom. The van der Waals surface area contributed by atoms with Gasteiger partial charge in [0.25, 0.3) is 0 Å². The molecule has 0 heterocycles. The van der Waals surface area contributed by atoms with E-state index in [1.165, 1.54) is 0 Å². The topological polar surface area (TPSA) is 51.2 Å². The van der Waals surface area contributed by atoms with Gasteiger partial charge in [-0.3, -0.25) is 4.79 Å². The van der Waals surface area contributed by atoms with Gasteiger partial charge in [0.05, 0.1) is 5.75 Å². The summed E-state index contributed by atoms with van der Waals surface area (Å²) in [5.74, 6) is -0.0716. The number of fused-ring (bicyclic) bond motifs is 1. The first-order valence-electron chi connectivity index (χ1n) is 6.90. The van der Waals surface area contributed by atoms with Crippen LogP contribution in [0.4, 0.5) is 0 Å². The fourth-order valence-electron chi connectivity index (χ4n) is 2.61. The first-order chi connectivity index (χ1) is 9.06. The molecule has 0 amide bonds. The minimum atomic E-state index is -3.30. The van der Waals surface area contributed by atoms with E-state index in [9.17, 15) is 13.2 Å². The SMILES string of the molecule is CCCCCS(=O)(=O)C1CCc2ccccc2C1=O. The van der Waals surface area contributed by atoms with E-state index in [2.05, 4.69) is 0 Å². The smallest absolute Gasteiger partial charge is 0.181 e. The molecule has 0 fully saturated rings. The standard InChI is InChI=1S/C15H20O3S/c1-2-3-6-11-19(17,18)14-10-9-12-7-4-5-8-13(12)15(14)16/h4-5,7-8,14H,2-3,6,9-11H2,1H3. The van der Waals surface area contributed by atoms with Gasteiger partial charge in [0.15, 0.2) is 15.6 Å². The van der Waals surface area contributed by atoms with Crippen LogP contribution < -0.4 is 0 Å². The number of benzene rings is 1. The number of aryl methyl sites for hydroxylation is 1. The van der Waals surface area contributed by atoms with Gasteiger partial charge in [-0.25, -0.2) is 8.42 Å². The maximum absolute atomic E-state index is 12.3. The summed E-state index contributed by atoms with van der Waals surface area (Å²) in [6, 6.07) is 7.34. The molecule has 1 aromatic carbocycles. The molecule has 1 unspecified atom stereocenters. The Balaban J connectivity index is 2.18. The zero-order valence-corrected chi connectivity index (χ0v) is 12.1. The third kappa shape index (κ3) is 3.06. The Morgan fingerprint density at radius 1 is 1.21 bits per heavy atom. The third-order valence-electron chi connectivity index (χ3n) is 3.72. The van der Waals surface area contributed by atoms with Crippen molar-refractivity contribution in [3.8, 4) is 0 Å². The lowest BCUT2D eigenvalue weighted by molar-refractivity contribution is 0.0976. The van der Waals surface area contributed by atoms with E-state index in [0.717, 1.165) is 18.4 Å². The number of carbonyl (C=O) groups excluding carboxylic acids is 1. The van der Waals surface area contributed by atoms with Gasteiger partial charge in [0.2, 0.25) is 0 Å². The van der Waals surface area contributed by atoms with Crippen molar-refractivity contribution in [2.45, 2.75) is 44.3 Å². The number of hydrogen-bond donors (Lipinski definition) is 0. The van der Waals surface area contributed by atoms with Crippen LogP contribution in [0, 0.1) is 0 Å². The van der Waals surface area contributed by atoms with Crippen LogP contribution in [0.25, 0.3) is 0 Å². The summed E-state index contributed by atoms with van der Waals surface area (Å²) in [6.07, 6.45) is 3.65. The van der Waals surface area contributed by atoms with E-state index in [-0.39, 0.29) is 11.5 Å². The fraction of sp³-hybridized carbons (Fsp3) is 0.533. The molecule has 3 nitrogen and oxygen atoms in total. The molecule has 0 aliphatic heterocycles. The summed E-state index contributed by atoms with van der Waals surface area (Å²) in [6.45, 7) is 2.04. The quantitative estimate of drug-likeness (QED) is 0.779. The molecule has 1 aliphatic rings. The Bertz CT molecular complexity index is 561. The van der Waals surface area contributed by atoms with Gasteiger partial charge < -0.3 is 0 Å². The van der Waals surface area contributed by atoms with Gasteiger partial charge in [-0.1, -0.05) is 44.0 Å². The van der Waals surface area contributed by atoms with Crippen LogP contribution in [0.15, 0.2) is 24.3 Å². The Hall–Kier alpha value is -1.16. The Morgan fingerprint density at radius 2 is 1.95 bits per heavy atom. The maximum atomic E-state index is 12.3. The molecule has 0 N–H and O–H groups in total. The molecule has 2 rings (SSSR count). The van der Waals surface area contributed by atoms with E-state index < -0.39 is 15.1 Å². The molecule has 1 aromatic rings. The molecule has 1 aliphatic carbocycles. The van der Waals surface area contributed by atoms with Gasteiger partial charge in [-0.05, 0) is 24.8 Å². The molecular weight excluding hydrogens is 260 g/mol. The van der Waals surface area contributed by atoms with Gasteiger partial charge in [0.1, 0.15) is 5.25 Å². The van der Waals surface area contributed by atoms with E-state index >= 15 is 0 Å². The lowest BCUT2D eigenvalue weighted by atomic mass is 9.90. The summed E-state index contributed by atoms with van der Waals surface area (Å²) in [5, 5.41) is -0.820. The average Bonchev–Trinajstić information content (AvgIpc) is 2.39. The van der Waals surface area contributed by atoms with Gasteiger partial charge in [-0.2, -0.15) is 0 Å². The van der Waals surface area contributed by atoms with Crippen molar-refractivity contribution in [3.63, 3.8) is 0 Å². The Kier molecular flexibility index (Phi) is 4.40. The molecule has 0 saturated heterocycles. The number of hydrogen-bond acceptors (Lipinski definition) is 3. The predicted molar refractivity (Wildman–Crippen MR) is 76.2 cm³/mol. The third-order valence-corrected chi connectivity index (χ3v) is 5.89. The van der Waals surface area contributed by atoms with Crippen molar-refractivity contribution >= 4 is 15.6 Å². The Labute approximate surface area is 114 Å². The van der Waals surface area contributed by atoms with Gasteiger partial charge >= 0.3 is 0 Å². The molecule has 0 aromatic heterocycles. The van der Waals surface area contributed by atoms with Crippen molar-refractivity contribution in [1.82, 2.24) is 0 Å². The van der Waals surface area contributed by atoms with Gasteiger partial charge in [-0.15, -0.1) is 0 Å². The summed E-state index contributed by atoms with van der Waals surface area (Å²) in [7, 11) is -3.30. The highest BCUT2D eigenvalue weighted by molar-refractivity contribution is 7.92. The highest BCUT2D eigenvalue weighted by Gasteiger charge is 2.36. The molecule has 1 atom stereocenters. The van der Waals surface area contributed by atoms with Gasteiger partial charge in [0, 0.05) is 5.56 Å². The molecule has 0 saturated carbocycles. The van der Waals surface area contributed by atoms with Crippen LogP contribution in [0.1, 0.15) is 48.5 Å². The summed E-state index contributed by atoms with van der Waals surface area (Å²) in [5.41, 5.74) is 1.57.